The molecule has 3 nitrogen and oxygen atoms in total. The van der Waals surface area contributed by atoms with Crippen LogP contribution in [0.3, 0.4) is 0 Å². The van der Waals surface area contributed by atoms with Gasteiger partial charge in [-0.05, 0) is 30.2 Å². The molecule has 1 atom stereocenters. The Labute approximate surface area is 93.8 Å². The number of nitrogens with zero attached hydrogens (tertiary/aromatic N) is 1. The van der Waals surface area contributed by atoms with Gasteiger partial charge < -0.3 is 10.1 Å². The summed E-state index contributed by atoms with van der Waals surface area (Å²) in [6.07, 6.45) is 0.987. The molecule has 1 aromatic rings. The molecular formula is C12H13FN2O. The van der Waals surface area contributed by atoms with E-state index in [0.29, 0.717) is 24.8 Å². The summed E-state index contributed by atoms with van der Waals surface area (Å²) >= 11 is 0. The number of nitrogens with one attached hydrogen (secondary N) is 1. The number of halogens is 1. The third-order valence-corrected chi connectivity index (χ3v) is 2.61. The second kappa shape index (κ2) is 5.06. The van der Waals surface area contributed by atoms with E-state index in [1.54, 1.807) is 6.07 Å². The zero-order chi connectivity index (χ0) is 11.4. The summed E-state index contributed by atoms with van der Waals surface area (Å²) in [7, 11) is 0. The van der Waals surface area contributed by atoms with Crippen molar-refractivity contribution in [1.82, 2.24) is 5.32 Å². The van der Waals surface area contributed by atoms with E-state index >= 15 is 0 Å². The number of nitriles is 1. The highest BCUT2D eigenvalue weighted by atomic mass is 19.1. The molecular weight excluding hydrogens is 207 g/mol. The van der Waals surface area contributed by atoms with Crippen LogP contribution in [-0.4, -0.2) is 19.3 Å². The molecule has 1 aliphatic heterocycles. The number of hydrogen-bond acceptors (Lipinski definition) is 3. The Balaban J connectivity index is 1.98. The van der Waals surface area contributed by atoms with Gasteiger partial charge in [-0.25, -0.2) is 4.39 Å². The van der Waals surface area contributed by atoms with Crippen LogP contribution in [0.1, 0.15) is 17.5 Å². The molecule has 0 amide bonds. The minimum absolute atomic E-state index is 0.341. The van der Waals surface area contributed by atoms with Crippen molar-refractivity contribution in [2.45, 2.75) is 19.0 Å². The third kappa shape index (κ3) is 2.78. The van der Waals surface area contributed by atoms with Crippen LogP contribution >= 0.6 is 0 Å². The fourth-order valence-corrected chi connectivity index (χ4v) is 1.77. The van der Waals surface area contributed by atoms with Crippen LogP contribution in [0.25, 0.3) is 0 Å². The average molecular weight is 220 g/mol. The van der Waals surface area contributed by atoms with E-state index in [4.69, 9.17) is 10.00 Å². The van der Waals surface area contributed by atoms with Crippen LogP contribution in [0.2, 0.25) is 0 Å². The van der Waals surface area contributed by atoms with E-state index in [0.717, 1.165) is 18.6 Å². The lowest BCUT2D eigenvalue weighted by molar-refractivity contribution is 0.190. The minimum Gasteiger partial charge on any atom is -0.380 e. The lowest BCUT2D eigenvalue weighted by atomic mass is 10.1. The number of rotatable bonds is 3. The van der Waals surface area contributed by atoms with Crippen LogP contribution in [-0.2, 0) is 11.3 Å². The predicted octanol–water partition coefficient (Wildman–Crippen LogP) is 1.58. The summed E-state index contributed by atoms with van der Waals surface area (Å²) in [5, 5.41) is 12.0. The topological polar surface area (TPSA) is 45.0 Å². The average Bonchev–Trinajstić information content (AvgIpc) is 2.78. The van der Waals surface area contributed by atoms with E-state index in [1.165, 1.54) is 12.1 Å². The van der Waals surface area contributed by atoms with Gasteiger partial charge in [-0.2, -0.15) is 5.26 Å². The van der Waals surface area contributed by atoms with Gasteiger partial charge in [-0.1, -0.05) is 0 Å². The molecule has 1 unspecified atom stereocenters. The lowest BCUT2D eigenvalue weighted by Gasteiger charge is -2.10. The van der Waals surface area contributed by atoms with Crippen LogP contribution in [0.4, 0.5) is 4.39 Å². The summed E-state index contributed by atoms with van der Waals surface area (Å²) in [4.78, 5) is 0. The Morgan fingerprint density at radius 2 is 2.38 bits per heavy atom. The predicted molar refractivity (Wildman–Crippen MR) is 57.2 cm³/mol. The molecule has 2 rings (SSSR count). The summed E-state index contributed by atoms with van der Waals surface area (Å²) < 4.78 is 18.3. The first-order valence-electron chi connectivity index (χ1n) is 5.28. The molecule has 1 saturated heterocycles. The van der Waals surface area contributed by atoms with Crippen LogP contribution in [0.15, 0.2) is 18.2 Å². The highest BCUT2D eigenvalue weighted by Crippen LogP contribution is 2.10. The van der Waals surface area contributed by atoms with Crippen molar-refractivity contribution in [3.05, 3.63) is 35.1 Å². The quantitative estimate of drug-likeness (QED) is 0.841. The molecule has 1 aromatic carbocycles. The maximum atomic E-state index is 13.1. The smallest absolute Gasteiger partial charge is 0.124 e. The van der Waals surface area contributed by atoms with Crippen LogP contribution < -0.4 is 5.32 Å². The van der Waals surface area contributed by atoms with Crippen molar-refractivity contribution in [2.24, 2.45) is 0 Å². The van der Waals surface area contributed by atoms with E-state index < -0.39 is 0 Å². The van der Waals surface area contributed by atoms with E-state index in [9.17, 15) is 4.39 Å². The Morgan fingerprint density at radius 3 is 3.06 bits per heavy atom. The van der Waals surface area contributed by atoms with Crippen molar-refractivity contribution < 1.29 is 9.13 Å². The summed E-state index contributed by atoms with van der Waals surface area (Å²) in [6.45, 7) is 2.06. The van der Waals surface area contributed by atoms with Crippen molar-refractivity contribution in [2.75, 3.05) is 13.2 Å². The van der Waals surface area contributed by atoms with Gasteiger partial charge in [0.15, 0.2) is 0 Å². The lowest BCUT2D eigenvalue weighted by Crippen LogP contribution is -2.28. The SMILES string of the molecule is N#Cc1cc(F)cc(CNC2CCOC2)c1. The Kier molecular flexibility index (Phi) is 3.50. The molecule has 0 aliphatic carbocycles. The Morgan fingerprint density at radius 1 is 1.50 bits per heavy atom. The fraction of sp³-hybridized carbons (Fsp3) is 0.417. The highest BCUT2D eigenvalue weighted by Gasteiger charge is 2.14. The second-order valence-electron chi connectivity index (χ2n) is 3.90. The Bertz CT molecular complexity index is 408. The molecule has 0 saturated carbocycles. The van der Waals surface area contributed by atoms with Crippen LogP contribution in [0, 0.1) is 17.1 Å². The van der Waals surface area contributed by atoms with Gasteiger partial charge in [0.1, 0.15) is 5.82 Å². The molecule has 1 N–H and O–H groups in total. The van der Waals surface area contributed by atoms with Gasteiger partial charge in [-0.15, -0.1) is 0 Å². The normalized spacial score (nSPS) is 19.6. The standard InChI is InChI=1S/C12H13FN2O/c13-11-4-9(6-14)3-10(5-11)7-15-12-1-2-16-8-12/h3-5,12,15H,1-2,7-8H2. The molecule has 16 heavy (non-hydrogen) atoms. The van der Waals surface area contributed by atoms with Gasteiger partial charge in [0.25, 0.3) is 0 Å². The highest BCUT2D eigenvalue weighted by molar-refractivity contribution is 5.33. The van der Waals surface area contributed by atoms with Crippen molar-refractivity contribution in [1.29, 1.82) is 5.26 Å². The van der Waals surface area contributed by atoms with Gasteiger partial charge in [0.05, 0.1) is 18.2 Å². The first-order valence-corrected chi connectivity index (χ1v) is 5.28. The number of hydrogen-bond donors (Lipinski definition) is 1. The largest absolute Gasteiger partial charge is 0.380 e. The van der Waals surface area contributed by atoms with Crippen molar-refractivity contribution >= 4 is 0 Å². The molecule has 84 valence electrons. The van der Waals surface area contributed by atoms with Crippen molar-refractivity contribution in [3.63, 3.8) is 0 Å². The first-order chi connectivity index (χ1) is 7.78. The van der Waals surface area contributed by atoms with E-state index in [1.807, 2.05) is 6.07 Å². The fourth-order valence-electron chi connectivity index (χ4n) is 1.77. The molecule has 0 radical (unpaired) electrons. The van der Waals surface area contributed by atoms with Crippen molar-refractivity contribution in [3.8, 4) is 6.07 Å². The number of benzene rings is 1. The Hall–Kier alpha value is -1.44. The minimum atomic E-state index is -0.362. The molecule has 1 fully saturated rings. The van der Waals surface area contributed by atoms with Crippen LogP contribution in [0.5, 0.6) is 0 Å². The van der Waals surface area contributed by atoms with Gasteiger partial charge in [0.2, 0.25) is 0 Å². The van der Waals surface area contributed by atoms with E-state index in [-0.39, 0.29) is 5.82 Å². The van der Waals surface area contributed by atoms with Gasteiger partial charge in [0, 0.05) is 19.2 Å². The van der Waals surface area contributed by atoms with E-state index in [2.05, 4.69) is 5.32 Å². The first kappa shape index (κ1) is 11.1. The summed E-state index contributed by atoms with van der Waals surface area (Å²) in [5.41, 5.74) is 1.16. The maximum absolute atomic E-state index is 13.1. The molecule has 1 heterocycles. The summed E-state index contributed by atoms with van der Waals surface area (Å²) in [5.74, 6) is -0.362. The monoisotopic (exact) mass is 220 g/mol. The zero-order valence-corrected chi connectivity index (χ0v) is 8.87. The molecule has 0 aromatic heterocycles. The third-order valence-electron chi connectivity index (χ3n) is 2.61. The molecule has 1 aliphatic rings. The second-order valence-corrected chi connectivity index (χ2v) is 3.90. The van der Waals surface area contributed by atoms with Gasteiger partial charge in [-0.3, -0.25) is 0 Å². The summed E-state index contributed by atoms with van der Waals surface area (Å²) in [6, 6.07) is 6.67. The van der Waals surface area contributed by atoms with Gasteiger partial charge >= 0.3 is 0 Å². The molecule has 0 spiro atoms. The zero-order valence-electron chi connectivity index (χ0n) is 8.87. The number of ether oxygens (including phenoxy) is 1. The molecule has 0 bridgehead atoms. The maximum Gasteiger partial charge on any atom is 0.124 e. The molecule has 4 heteroatoms.